The number of unbranched alkanes of at least 4 members (excludes halogenated alkanes) is 1. The summed E-state index contributed by atoms with van der Waals surface area (Å²) in [6.45, 7) is 1.47. The van der Waals surface area contributed by atoms with E-state index in [-0.39, 0.29) is 32.8 Å². The van der Waals surface area contributed by atoms with Gasteiger partial charge in [0.1, 0.15) is 6.54 Å². The molecule has 0 bridgehead atoms. The average molecular weight is 540 g/mol. The Morgan fingerprint density at radius 2 is 1.74 bits per heavy atom. The fourth-order valence-corrected chi connectivity index (χ4v) is 5.58. The number of amides is 1. The van der Waals surface area contributed by atoms with Gasteiger partial charge >= 0.3 is 5.97 Å². The highest BCUT2D eigenvalue weighted by molar-refractivity contribution is 7.92. The van der Waals surface area contributed by atoms with E-state index in [0.29, 0.717) is 17.3 Å². The van der Waals surface area contributed by atoms with Crippen molar-refractivity contribution in [2.24, 2.45) is 12.8 Å². The van der Waals surface area contributed by atoms with E-state index in [1.54, 1.807) is 11.6 Å². The Kier molecular flexibility index (Phi) is 8.09. The van der Waals surface area contributed by atoms with Crippen molar-refractivity contribution in [3.8, 4) is 0 Å². The number of rotatable bonds is 10. The molecule has 0 fully saturated rings. The number of Topliss-reactive ketones (excluding diaryl/α,β-unsaturated/α-hetero) is 1. The molecule has 0 aliphatic heterocycles. The molecule has 12 heteroatoms. The SMILES string of the molecule is CCCCOC(=O)CN(c1ccc2c(C(=O)C(N)=O)cn(C)c2c1)S(=O)(=O)c1cc(Cl)cc(Cl)c1. The van der Waals surface area contributed by atoms with Crippen LogP contribution in [-0.2, 0) is 31.4 Å². The molecule has 9 nitrogen and oxygen atoms in total. The van der Waals surface area contributed by atoms with E-state index in [9.17, 15) is 22.8 Å². The maximum atomic E-state index is 13.6. The molecular weight excluding hydrogens is 517 g/mol. The smallest absolute Gasteiger partial charge is 0.326 e. The van der Waals surface area contributed by atoms with E-state index >= 15 is 0 Å². The van der Waals surface area contributed by atoms with Crippen LogP contribution < -0.4 is 10.0 Å². The number of sulfonamides is 1. The molecule has 3 rings (SSSR count). The lowest BCUT2D eigenvalue weighted by atomic mass is 10.1. The van der Waals surface area contributed by atoms with E-state index in [2.05, 4.69) is 0 Å². The highest BCUT2D eigenvalue weighted by atomic mass is 35.5. The normalized spacial score (nSPS) is 11.4. The summed E-state index contributed by atoms with van der Waals surface area (Å²) in [6, 6.07) is 8.22. The summed E-state index contributed by atoms with van der Waals surface area (Å²) in [4.78, 5) is 35.9. The first-order chi connectivity index (χ1) is 16.4. The van der Waals surface area contributed by atoms with Crippen molar-refractivity contribution in [2.45, 2.75) is 24.7 Å². The predicted molar refractivity (Wildman–Crippen MR) is 133 cm³/mol. The van der Waals surface area contributed by atoms with Gasteiger partial charge in [0.2, 0.25) is 0 Å². The summed E-state index contributed by atoms with van der Waals surface area (Å²) < 4.78 is 34.8. The zero-order valence-corrected chi connectivity index (χ0v) is 21.3. The molecule has 3 aromatic rings. The molecule has 0 radical (unpaired) electrons. The Balaban J connectivity index is 2.12. The number of carbonyl (C=O) groups excluding carboxylic acids is 3. The Hall–Kier alpha value is -3.08. The lowest BCUT2D eigenvalue weighted by Gasteiger charge is -2.24. The standard InChI is InChI=1S/C23H23Cl2N3O6S/c1-3-4-7-34-21(29)13-28(35(32,33)17-9-14(24)8-15(25)10-17)16-5-6-18-19(22(30)23(26)31)12-27(2)20(18)11-16/h5-6,8-12H,3-4,7,13H2,1-2H3,(H2,26,31). The third-order valence-electron chi connectivity index (χ3n) is 5.19. The molecule has 0 atom stereocenters. The van der Waals surface area contributed by atoms with Crippen LogP contribution in [0.4, 0.5) is 5.69 Å². The van der Waals surface area contributed by atoms with Gasteiger partial charge in [0.15, 0.2) is 0 Å². The van der Waals surface area contributed by atoms with Crippen LogP contribution in [0.1, 0.15) is 30.1 Å². The van der Waals surface area contributed by atoms with Crippen LogP contribution in [0.3, 0.4) is 0 Å². The molecule has 35 heavy (non-hydrogen) atoms. The van der Waals surface area contributed by atoms with Crippen LogP contribution >= 0.6 is 23.2 Å². The van der Waals surface area contributed by atoms with Gasteiger partial charge < -0.3 is 15.0 Å². The maximum Gasteiger partial charge on any atom is 0.326 e. The van der Waals surface area contributed by atoms with Crippen LogP contribution in [0.2, 0.25) is 10.0 Å². The van der Waals surface area contributed by atoms with Crippen molar-refractivity contribution >= 4 is 67.5 Å². The first kappa shape index (κ1) is 26.5. The molecule has 0 spiro atoms. The molecule has 0 aliphatic carbocycles. The van der Waals surface area contributed by atoms with Crippen LogP contribution in [0, 0.1) is 0 Å². The number of primary amides is 1. The number of halogens is 2. The number of ketones is 1. The third kappa shape index (κ3) is 5.77. The minimum absolute atomic E-state index is 0.0801. The van der Waals surface area contributed by atoms with Gasteiger partial charge in [-0.15, -0.1) is 0 Å². The number of hydrogen-bond acceptors (Lipinski definition) is 6. The largest absolute Gasteiger partial charge is 0.464 e. The average Bonchev–Trinajstić information content (AvgIpc) is 3.12. The molecular formula is C23H23Cl2N3O6S. The predicted octanol–water partition coefficient (Wildman–Crippen LogP) is 3.69. The highest BCUT2D eigenvalue weighted by Gasteiger charge is 2.29. The van der Waals surface area contributed by atoms with Crippen molar-refractivity contribution in [3.05, 3.63) is 58.2 Å². The molecule has 1 amide bonds. The van der Waals surface area contributed by atoms with E-state index in [1.165, 1.54) is 42.6 Å². The van der Waals surface area contributed by atoms with Crippen LogP contribution in [0.25, 0.3) is 10.9 Å². The van der Waals surface area contributed by atoms with Gasteiger partial charge in [-0.1, -0.05) is 36.5 Å². The molecule has 1 heterocycles. The summed E-state index contributed by atoms with van der Waals surface area (Å²) in [6.07, 6.45) is 2.86. The number of ether oxygens (including phenoxy) is 1. The van der Waals surface area contributed by atoms with E-state index in [0.717, 1.165) is 10.7 Å². The van der Waals surface area contributed by atoms with Gasteiger partial charge in [0, 0.05) is 28.7 Å². The Bertz CT molecular complexity index is 1400. The fourth-order valence-electron chi connectivity index (χ4n) is 3.45. The van der Waals surface area contributed by atoms with Gasteiger partial charge in [-0.3, -0.25) is 18.7 Å². The second kappa shape index (κ2) is 10.7. The van der Waals surface area contributed by atoms with Gasteiger partial charge in [-0.05, 0) is 42.8 Å². The summed E-state index contributed by atoms with van der Waals surface area (Å²) in [7, 11) is -2.69. The van der Waals surface area contributed by atoms with Gasteiger partial charge in [0.25, 0.3) is 21.7 Å². The summed E-state index contributed by atoms with van der Waals surface area (Å²) in [5.41, 5.74) is 5.78. The number of nitrogens with zero attached hydrogens (tertiary/aromatic N) is 2. The second-order valence-electron chi connectivity index (χ2n) is 7.74. The molecule has 186 valence electrons. The van der Waals surface area contributed by atoms with Gasteiger partial charge in [0.05, 0.1) is 28.3 Å². The minimum Gasteiger partial charge on any atom is -0.464 e. The highest BCUT2D eigenvalue weighted by Crippen LogP contribution is 2.31. The van der Waals surface area contributed by atoms with Crippen LogP contribution in [-0.4, -0.2) is 43.8 Å². The monoisotopic (exact) mass is 539 g/mol. The Labute approximate surface area is 212 Å². The topological polar surface area (TPSA) is 129 Å². The Morgan fingerprint density at radius 3 is 2.34 bits per heavy atom. The van der Waals surface area contributed by atoms with Gasteiger partial charge in [-0.25, -0.2) is 8.42 Å². The lowest BCUT2D eigenvalue weighted by Crippen LogP contribution is -2.36. The van der Waals surface area contributed by atoms with Crippen LogP contribution in [0.15, 0.2) is 47.5 Å². The number of benzene rings is 2. The molecule has 2 aromatic carbocycles. The number of aryl methyl sites for hydroxylation is 1. The number of hydrogen-bond donors (Lipinski definition) is 1. The van der Waals surface area contributed by atoms with Crippen molar-refractivity contribution in [2.75, 3.05) is 17.5 Å². The number of aromatic nitrogens is 1. The van der Waals surface area contributed by atoms with Crippen LogP contribution in [0.5, 0.6) is 0 Å². The fraction of sp³-hybridized carbons (Fsp3) is 0.261. The summed E-state index contributed by atoms with van der Waals surface area (Å²) >= 11 is 12.0. The molecule has 0 aliphatic rings. The van der Waals surface area contributed by atoms with E-state index < -0.39 is 34.2 Å². The number of anilines is 1. The molecule has 2 N–H and O–H groups in total. The van der Waals surface area contributed by atoms with Crippen molar-refractivity contribution in [1.82, 2.24) is 4.57 Å². The number of fused-ring (bicyclic) bond motifs is 1. The molecule has 0 saturated heterocycles. The maximum absolute atomic E-state index is 13.6. The Morgan fingerprint density at radius 1 is 1.09 bits per heavy atom. The second-order valence-corrected chi connectivity index (χ2v) is 10.5. The third-order valence-corrected chi connectivity index (χ3v) is 7.38. The minimum atomic E-state index is -4.32. The number of nitrogens with two attached hydrogens (primary N) is 1. The van der Waals surface area contributed by atoms with Crippen molar-refractivity contribution in [3.63, 3.8) is 0 Å². The number of esters is 1. The van der Waals surface area contributed by atoms with Crippen molar-refractivity contribution in [1.29, 1.82) is 0 Å². The van der Waals surface area contributed by atoms with E-state index in [1.807, 2.05) is 6.92 Å². The number of carbonyl (C=O) groups is 3. The first-order valence-corrected chi connectivity index (χ1v) is 12.7. The van der Waals surface area contributed by atoms with E-state index in [4.69, 9.17) is 33.7 Å². The summed E-state index contributed by atoms with van der Waals surface area (Å²) in [5.74, 6) is -2.73. The molecule has 1 aromatic heterocycles. The van der Waals surface area contributed by atoms with Gasteiger partial charge in [-0.2, -0.15) is 0 Å². The quantitative estimate of drug-likeness (QED) is 0.181. The van der Waals surface area contributed by atoms with Crippen molar-refractivity contribution < 1.29 is 27.5 Å². The zero-order chi connectivity index (χ0) is 25.9. The first-order valence-electron chi connectivity index (χ1n) is 10.5. The molecule has 0 unspecified atom stereocenters. The molecule has 0 saturated carbocycles. The summed E-state index contributed by atoms with van der Waals surface area (Å²) in [5, 5.41) is 0.608. The lowest BCUT2D eigenvalue weighted by molar-refractivity contribution is -0.141. The zero-order valence-electron chi connectivity index (χ0n) is 19.0.